The van der Waals surface area contributed by atoms with Crippen LogP contribution in [0.4, 0.5) is 4.39 Å². The average Bonchev–Trinajstić information content (AvgIpc) is 3.35. The minimum Gasteiger partial charge on any atom is -0.492 e. The molecule has 0 saturated carbocycles. The number of methoxy groups -OCH3 is 1. The molecule has 0 aliphatic carbocycles. The molecule has 0 fully saturated rings. The fourth-order valence-electron chi connectivity index (χ4n) is 3.58. The molecule has 1 heterocycles. The summed E-state index contributed by atoms with van der Waals surface area (Å²) >= 11 is 0. The Morgan fingerprint density at radius 2 is 1.73 bits per heavy atom. The average molecular weight is 533 g/mol. The maximum absolute atomic E-state index is 13.3. The summed E-state index contributed by atoms with van der Waals surface area (Å²) < 4.78 is 60.9. The fraction of sp³-hybridized carbons (Fsp3) is 0.333. The number of ether oxygens (including phenoxy) is 3. The summed E-state index contributed by atoms with van der Waals surface area (Å²) in [5.74, 6) is -2.21. The van der Waals surface area contributed by atoms with Crippen molar-refractivity contribution in [3.05, 3.63) is 71.9 Å². The van der Waals surface area contributed by atoms with Gasteiger partial charge in [-0.2, -0.15) is 0 Å². The van der Waals surface area contributed by atoms with Gasteiger partial charge in [0.15, 0.2) is 9.84 Å². The largest absolute Gasteiger partial charge is 0.492 e. The van der Waals surface area contributed by atoms with Gasteiger partial charge in [0.1, 0.15) is 22.7 Å². The van der Waals surface area contributed by atoms with Crippen LogP contribution in [0.2, 0.25) is 0 Å². The van der Waals surface area contributed by atoms with Crippen molar-refractivity contribution in [1.82, 2.24) is 0 Å². The van der Waals surface area contributed by atoms with Crippen LogP contribution in [-0.2, 0) is 29.9 Å². The highest BCUT2D eigenvalue weighted by Crippen LogP contribution is 2.37. The molecule has 0 unspecified atom stereocenters. The Morgan fingerprint density at radius 3 is 2.32 bits per heavy atom. The molecule has 198 valence electrons. The highest BCUT2D eigenvalue weighted by Gasteiger charge is 2.27. The van der Waals surface area contributed by atoms with Crippen molar-refractivity contribution in [1.29, 1.82) is 0 Å². The lowest BCUT2D eigenvalue weighted by Crippen LogP contribution is -2.24. The minimum atomic E-state index is -3.94. The van der Waals surface area contributed by atoms with Crippen LogP contribution in [0, 0.1) is 5.82 Å². The number of rotatable bonds is 10. The van der Waals surface area contributed by atoms with E-state index in [2.05, 4.69) is 0 Å². The van der Waals surface area contributed by atoms with Gasteiger partial charge >= 0.3 is 11.9 Å². The number of hydrogen-bond acceptors (Lipinski definition) is 8. The second kappa shape index (κ2) is 11.6. The van der Waals surface area contributed by atoms with E-state index < -0.39 is 38.9 Å². The van der Waals surface area contributed by atoms with Crippen LogP contribution in [0.5, 0.6) is 5.75 Å². The van der Waals surface area contributed by atoms with E-state index in [1.165, 1.54) is 25.7 Å². The lowest BCUT2D eigenvalue weighted by molar-refractivity contribution is -0.155. The van der Waals surface area contributed by atoms with Gasteiger partial charge in [-0.15, -0.1) is 0 Å². The van der Waals surface area contributed by atoms with Crippen molar-refractivity contribution in [3.63, 3.8) is 0 Å². The van der Waals surface area contributed by atoms with Crippen LogP contribution in [0.1, 0.15) is 49.5 Å². The van der Waals surface area contributed by atoms with Crippen LogP contribution in [0.15, 0.2) is 64.3 Å². The third-order valence-electron chi connectivity index (χ3n) is 5.18. The Hall–Kier alpha value is -3.66. The van der Waals surface area contributed by atoms with E-state index in [0.717, 1.165) is 24.3 Å². The van der Waals surface area contributed by atoms with Gasteiger partial charge in [0.25, 0.3) is 0 Å². The van der Waals surface area contributed by atoms with Crippen LogP contribution in [0.25, 0.3) is 11.1 Å². The number of carbonyl (C=O) groups excluding carboxylic acids is 2. The molecule has 2 aromatic carbocycles. The highest BCUT2D eigenvalue weighted by molar-refractivity contribution is 7.90. The molecule has 0 spiro atoms. The smallest absolute Gasteiger partial charge is 0.341 e. The molecule has 0 saturated heterocycles. The number of sulfone groups is 1. The lowest BCUT2D eigenvalue weighted by atomic mass is 9.99. The first kappa shape index (κ1) is 27.9. The Morgan fingerprint density at radius 1 is 1.03 bits per heavy atom. The monoisotopic (exact) mass is 532 g/mol. The molecule has 1 aromatic heterocycles. The minimum absolute atomic E-state index is 0.0439. The van der Waals surface area contributed by atoms with Crippen LogP contribution in [-0.4, -0.2) is 39.7 Å². The molecule has 0 radical (unpaired) electrons. The molecule has 0 amide bonds. The van der Waals surface area contributed by atoms with Crippen molar-refractivity contribution in [3.8, 4) is 16.9 Å². The Kier molecular flexibility index (Phi) is 8.75. The van der Waals surface area contributed by atoms with E-state index in [9.17, 15) is 22.4 Å². The van der Waals surface area contributed by atoms with Crippen molar-refractivity contribution >= 4 is 21.8 Å². The van der Waals surface area contributed by atoms with E-state index in [0.29, 0.717) is 17.5 Å². The molecule has 3 rings (SSSR count). The van der Waals surface area contributed by atoms with Crippen LogP contribution in [0.3, 0.4) is 0 Å². The van der Waals surface area contributed by atoms with E-state index in [4.69, 9.17) is 18.6 Å². The molecule has 3 aromatic rings. The summed E-state index contributed by atoms with van der Waals surface area (Å²) in [5, 5.41) is 0. The molecule has 8 nitrogen and oxygen atoms in total. The third-order valence-corrected chi connectivity index (χ3v) is 6.86. The summed E-state index contributed by atoms with van der Waals surface area (Å²) in [6.07, 6.45) is 3.29. The molecule has 0 atom stereocenters. The normalized spacial score (nSPS) is 11.7. The van der Waals surface area contributed by atoms with Gasteiger partial charge in [-0.3, -0.25) is 4.79 Å². The predicted octanol–water partition coefficient (Wildman–Crippen LogP) is 5.35. The third kappa shape index (κ3) is 7.42. The predicted molar refractivity (Wildman–Crippen MR) is 133 cm³/mol. The van der Waals surface area contributed by atoms with Gasteiger partial charge < -0.3 is 18.6 Å². The topological polar surface area (TPSA) is 109 Å². The summed E-state index contributed by atoms with van der Waals surface area (Å²) in [6, 6.07) is 9.22. The maximum Gasteiger partial charge on any atom is 0.341 e. The highest BCUT2D eigenvalue weighted by atomic mass is 32.2. The van der Waals surface area contributed by atoms with Gasteiger partial charge in [-0.25, -0.2) is 17.6 Å². The molecule has 0 aliphatic rings. The van der Waals surface area contributed by atoms with Crippen molar-refractivity contribution in [2.45, 2.75) is 49.9 Å². The number of furan rings is 1. The number of hydrogen-bond donors (Lipinski definition) is 0. The fourth-order valence-corrected chi connectivity index (χ4v) is 4.95. The number of carbonyl (C=O) groups is 2. The zero-order valence-corrected chi connectivity index (χ0v) is 21.9. The SMILES string of the molecule is COC(=O)c1c(CS(=O)(=O)c2ccc(F)cc2)ccc(-c2ccoc2)c1OCCCC(=O)OC(C)(C)C. The standard InChI is InChI=1S/C27H29FO8S/c1-27(2,3)36-23(29)6-5-14-35-25-22(18-13-15-34-16-18)12-7-19(24(25)26(30)33-4)17-37(31,32)21-10-8-20(28)9-11-21/h7-13,15-16H,5-6,14,17H2,1-4H3. The summed E-state index contributed by atoms with van der Waals surface area (Å²) in [5.41, 5.74) is 0.540. The second-order valence-corrected chi connectivity index (χ2v) is 11.2. The first-order chi connectivity index (χ1) is 17.4. The van der Waals surface area contributed by atoms with Gasteiger partial charge in [0, 0.05) is 17.5 Å². The van der Waals surface area contributed by atoms with Crippen molar-refractivity contribution < 1.29 is 41.0 Å². The lowest BCUT2D eigenvalue weighted by Gasteiger charge is -2.20. The quantitative estimate of drug-likeness (QED) is 0.195. The zero-order chi connectivity index (χ0) is 27.2. The molecule has 0 bridgehead atoms. The zero-order valence-electron chi connectivity index (χ0n) is 21.1. The first-order valence-corrected chi connectivity index (χ1v) is 13.2. The van der Waals surface area contributed by atoms with Gasteiger partial charge in [-0.05, 0) is 63.1 Å². The van der Waals surface area contributed by atoms with E-state index in [-0.39, 0.29) is 34.8 Å². The summed E-state index contributed by atoms with van der Waals surface area (Å²) in [6.45, 7) is 5.36. The Labute approximate surface area is 215 Å². The Balaban J connectivity index is 1.96. The van der Waals surface area contributed by atoms with E-state index >= 15 is 0 Å². The van der Waals surface area contributed by atoms with Crippen molar-refractivity contribution in [2.24, 2.45) is 0 Å². The van der Waals surface area contributed by atoms with E-state index in [1.54, 1.807) is 32.9 Å². The molecular formula is C27H29FO8S. The molecule has 10 heteroatoms. The molecule has 0 N–H and O–H groups in total. The first-order valence-electron chi connectivity index (χ1n) is 11.5. The molecule has 37 heavy (non-hydrogen) atoms. The van der Waals surface area contributed by atoms with Gasteiger partial charge in [0.05, 0.1) is 36.9 Å². The summed E-state index contributed by atoms with van der Waals surface area (Å²) in [4.78, 5) is 24.9. The van der Waals surface area contributed by atoms with Crippen LogP contribution >= 0.6 is 0 Å². The van der Waals surface area contributed by atoms with E-state index in [1.807, 2.05) is 0 Å². The molecular weight excluding hydrogens is 503 g/mol. The van der Waals surface area contributed by atoms with Crippen LogP contribution < -0.4 is 4.74 Å². The number of benzene rings is 2. The Bertz CT molecular complexity index is 1340. The number of halogens is 1. The maximum atomic E-state index is 13.3. The van der Waals surface area contributed by atoms with Crippen molar-refractivity contribution in [2.75, 3.05) is 13.7 Å². The summed E-state index contributed by atoms with van der Waals surface area (Å²) in [7, 11) is -2.76. The van der Waals surface area contributed by atoms with Gasteiger partial charge in [0.2, 0.25) is 0 Å². The number of esters is 2. The molecule has 0 aliphatic heterocycles. The van der Waals surface area contributed by atoms with Gasteiger partial charge in [-0.1, -0.05) is 12.1 Å². The second-order valence-electron chi connectivity index (χ2n) is 9.23.